The van der Waals surface area contributed by atoms with Crippen LogP contribution in [0.5, 0.6) is 0 Å². The van der Waals surface area contributed by atoms with Gasteiger partial charge in [0.2, 0.25) is 0 Å². The van der Waals surface area contributed by atoms with E-state index in [2.05, 4.69) is 37.7 Å². The summed E-state index contributed by atoms with van der Waals surface area (Å²) in [5.41, 5.74) is 6.59. The van der Waals surface area contributed by atoms with E-state index in [0.717, 1.165) is 17.8 Å². The second-order valence-electron chi connectivity index (χ2n) is 4.93. The van der Waals surface area contributed by atoms with E-state index in [-0.39, 0.29) is 0 Å². The minimum Gasteiger partial charge on any atom is -0.357 e. The molecule has 0 fully saturated rings. The maximum Gasteiger partial charge on any atom is 0.128 e. The lowest BCUT2D eigenvalue weighted by molar-refractivity contribution is 0.502. The van der Waals surface area contributed by atoms with E-state index in [1.165, 1.54) is 0 Å². The molecule has 17 heavy (non-hydrogen) atoms. The van der Waals surface area contributed by atoms with Crippen molar-refractivity contribution < 1.29 is 0 Å². The van der Waals surface area contributed by atoms with Crippen LogP contribution >= 0.6 is 11.6 Å². The smallest absolute Gasteiger partial charge is 0.128 e. The Labute approximate surface area is 109 Å². The zero-order valence-electron chi connectivity index (χ0n) is 11.1. The Balaban J connectivity index is 2.84. The fraction of sp³-hybridized carbons (Fsp3) is 0.615. The first-order valence-electron chi connectivity index (χ1n) is 6.03. The van der Waals surface area contributed by atoms with E-state index in [1.807, 2.05) is 6.07 Å². The molecule has 1 atom stereocenters. The van der Waals surface area contributed by atoms with Crippen molar-refractivity contribution in [3.63, 3.8) is 0 Å². The molecule has 0 aromatic carbocycles. The van der Waals surface area contributed by atoms with E-state index in [1.54, 1.807) is 6.20 Å². The molecule has 2 N–H and O–H groups in total. The quantitative estimate of drug-likeness (QED) is 0.879. The van der Waals surface area contributed by atoms with Crippen LogP contribution in [0.4, 0.5) is 5.82 Å². The van der Waals surface area contributed by atoms with Crippen LogP contribution in [0.25, 0.3) is 0 Å². The van der Waals surface area contributed by atoms with Gasteiger partial charge in [0.05, 0.1) is 5.02 Å². The Bertz CT molecular complexity index is 366. The largest absolute Gasteiger partial charge is 0.357 e. The maximum atomic E-state index is 6.00. The standard InChI is InChI=1S/C13H22ClN3/c1-9(2)5-10(3)17(4)13-6-11(7-15)12(14)8-16-13/h6,8-10H,5,7,15H2,1-4H3. The molecule has 0 bridgehead atoms. The van der Waals surface area contributed by atoms with Crippen LogP contribution in [0.1, 0.15) is 32.8 Å². The first-order chi connectivity index (χ1) is 7.95. The van der Waals surface area contributed by atoms with Crippen molar-refractivity contribution in [2.24, 2.45) is 11.7 Å². The molecule has 0 saturated carbocycles. The fourth-order valence-corrected chi connectivity index (χ4v) is 2.06. The Hall–Kier alpha value is -0.800. The highest BCUT2D eigenvalue weighted by Crippen LogP contribution is 2.22. The van der Waals surface area contributed by atoms with Crippen LogP contribution in [0.15, 0.2) is 12.3 Å². The number of nitrogens with zero attached hydrogens (tertiary/aromatic N) is 2. The highest BCUT2D eigenvalue weighted by Gasteiger charge is 2.13. The third kappa shape index (κ3) is 3.86. The molecule has 0 aliphatic carbocycles. The molecule has 0 aliphatic rings. The second kappa shape index (κ2) is 6.22. The number of hydrogen-bond acceptors (Lipinski definition) is 3. The van der Waals surface area contributed by atoms with Gasteiger partial charge in [-0.05, 0) is 30.9 Å². The Kier molecular flexibility index (Phi) is 5.22. The minimum atomic E-state index is 0.445. The molecule has 0 radical (unpaired) electrons. The van der Waals surface area contributed by atoms with Crippen molar-refractivity contribution in [1.29, 1.82) is 0 Å². The topological polar surface area (TPSA) is 42.1 Å². The van der Waals surface area contributed by atoms with Gasteiger partial charge < -0.3 is 10.6 Å². The summed E-state index contributed by atoms with van der Waals surface area (Å²) in [6.45, 7) is 7.11. The average Bonchev–Trinajstić information content (AvgIpc) is 2.27. The molecule has 1 rings (SSSR count). The highest BCUT2D eigenvalue weighted by atomic mass is 35.5. The Morgan fingerprint density at radius 2 is 2.06 bits per heavy atom. The first kappa shape index (κ1) is 14.3. The maximum absolute atomic E-state index is 6.00. The van der Waals surface area contributed by atoms with E-state index < -0.39 is 0 Å². The first-order valence-corrected chi connectivity index (χ1v) is 6.40. The van der Waals surface area contributed by atoms with Crippen LogP contribution in [0.3, 0.4) is 0 Å². The second-order valence-corrected chi connectivity index (χ2v) is 5.33. The predicted octanol–water partition coefficient (Wildman–Crippen LogP) is 3.06. The van der Waals surface area contributed by atoms with Gasteiger partial charge in [-0.15, -0.1) is 0 Å². The van der Waals surface area contributed by atoms with Crippen molar-refractivity contribution in [1.82, 2.24) is 4.98 Å². The minimum absolute atomic E-state index is 0.445. The summed E-state index contributed by atoms with van der Waals surface area (Å²) in [6, 6.07) is 2.42. The Morgan fingerprint density at radius 3 is 2.59 bits per heavy atom. The van der Waals surface area contributed by atoms with E-state index in [9.17, 15) is 0 Å². The van der Waals surface area contributed by atoms with Gasteiger partial charge in [-0.1, -0.05) is 25.4 Å². The average molecular weight is 256 g/mol. The molecular formula is C13H22ClN3. The lowest BCUT2D eigenvalue weighted by Gasteiger charge is -2.27. The summed E-state index contributed by atoms with van der Waals surface area (Å²) < 4.78 is 0. The van der Waals surface area contributed by atoms with Crippen LogP contribution in [0, 0.1) is 5.92 Å². The number of rotatable bonds is 5. The van der Waals surface area contributed by atoms with Crippen LogP contribution < -0.4 is 10.6 Å². The van der Waals surface area contributed by atoms with Gasteiger partial charge in [0, 0.05) is 25.8 Å². The zero-order valence-corrected chi connectivity index (χ0v) is 11.8. The number of aromatic nitrogens is 1. The normalized spacial score (nSPS) is 12.9. The molecule has 0 aliphatic heterocycles. The number of hydrogen-bond donors (Lipinski definition) is 1. The van der Waals surface area contributed by atoms with Crippen LogP contribution in [-0.2, 0) is 6.54 Å². The van der Waals surface area contributed by atoms with E-state index >= 15 is 0 Å². The molecule has 1 unspecified atom stereocenters. The zero-order chi connectivity index (χ0) is 13.0. The molecule has 0 spiro atoms. The third-order valence-electron chi connectivity index (χ3n) is 2.98. The van der Waals surface area contributed by atoms with Gasteiger partial charge in [-0.2, -0.15) is 0 Å². The molecule has 4 heteroatoms. The van der Waals surface area contributed by atoms with Crippen LogP contribution in [0.2, 0.25) is 5.02 Å². The van der Waals surface area contributed by atoms with Gasteiger partial charge in [-0.3, -0.25) is 0 Å². The molecule has 1 aromatic heterocycles. The van der Waals surface area contributed by atoms with Crippen molar-refractivity contribution in [3.05, 3.63) is 22.8 Å². The summed E-state index contributed by atoms with van der Waals surface area (Å²) in [6.07, 6.45) is 2.82. The van der Waals surface area contributed by atoms with Crippen molar-refractivity contribution in [2.75, 3.05) is 11.9 Å². The fourth-order valence-electron chi connectivity index (χ4n) is 1.88. The van der Waals surface area contributed by atoms with Crippen molar-refractivity contribution in [2.45, 2.75) is 39.8 Å². The van der Waals surface area contributed by atoms with Gasteiger partial charge in [-0.25, -0.2) is 4.98 Å². The number of nitrogens with two attached hydrogens (primary N) is 1. The molecule has 96 valence electrons. The van der Waals surface area contributed by atoms with E-state index in [0.29, 0.717) is 23.5 Å². The lowest BCUT2D eigenvalue weighted by atomic mass is 10.0. The van der Waals surface area contributed by atoms with Crippen molar-refractivity contribution in [3.8, 4) is 0 Å². The molecule has 3 nitrogen and oxygen atoms in total. The molecule has 0 amide bonds. The third-order valence-corrected chi connectivity index (χ3v) is 3.32. The lowest BCUT2D eigenvalue weighted by Crippen LogP contribution is -2.30. The Morgan fingerprint density at radius 1 is 1.41 bits per heavy atom. The molecular weight excluding hydrogens is 234 g/mol. The van der Waals surface area contributed by atoms with Gasteiger partial charge in [0.15, 0.2) is 0 Å². The summed E-state index contributed by atoms with van der Waals surface area (Å²) >= 11 is 6.00. The highest BCUT2D eigenvalue weighted by molar-refractivity contribution is 6.31. The van der Waals surface area contributed by atoms with Crippen molar-refractivity contribution >= 4 is 17.4 Å². The molecule has 1 heterocycles. The van der Waals surface area contributed by atoms with Crippen LogP contribution in [-0.4, -0.2) is 18.1 Å². The summed E-state index contributed by atoms with van der Waals surface area (Å²) in [4.78, 5) is 6.53. The van der Waals surface area contributed by atoms with Gasteiger partial charge in [0.1, 0.15) is 5.82 Å². The molecule has 1 aromatic rings. The number of anilines is 1. The number of pyridine rings is 1. The predicted molar refractivity (Wildman–Crippen MR) is 74.5 cm³/mol. The van der Waals surface area contributed by atoms with Gasteiger partial charge in [0.25, 0.3) is 0 Å². The summed E-state index contributed by atoms with van der Waals surface area (Å²) in [7, 11) is 2.06. The monoisotopic (exact) mass is 255 g/mol. The van der Waals surface area contributed by atoms with Gasteiger partial charge >= 0.3 is 0 Å². The van der Waals surface area contributed by atoms with E-state index in [4.69, 9.17) is 17.3 Å². The number of halogens is 1. The molecule has 0 saturated heterocycles. The summed E-state index contributed by atoms with van der Waals surface area (Å²) in [5, 5.41) is 0.640. The SMILES string of the molecule is CC(C)CC(C)N(C)c1cc(CN)c(Cl)cn1. The summed E-state index contributed by atoms with van der Waals surface area (Å²) in [5.74, 6) is 1.61.